The zero-order valence-electron chi connectivity index (χ0n) is 32.9. The molecule has 1 nitrogen and oxygen atoms in total. The average Bonchev–Trinajstić information content (AvgIpc) is 3.33. The molecule has 0 saturated carbocycles. The quantitative estimate of drug-likeness (QED) is 0.142. The molecule has 9 aromatic rings. The number of rotatable bonds is 9. The minimum absolute atomic E-state index is 1.09. The van der Waals surface area contributed by atoms with Crippen molar-refractivity contribution in [2.45, 2.75) is 12.8 Å². The maximum Gasteiger partial charge on any atom is 0.0468 e. The van der Waals surface area contributed by atoms with E-state index in [2.05, 4.69) is 242 Å². The Hall–Kier alpha value is -7.48. The lowest BCUT2D eigenvalue weighted by atomic mass is 9.92. The van der Waals surface area contributed by atoms with Crippen molar-refractivity contribution in [2.75, 3.05) is 4.90 Å². The van der Waals surface area contributed by atoms with Crippen LogP contribution in [0.5, 0.6) is 0 Å². The maximum atomic E-state index is 2.39. The van der Waals surface area contributed by atoms with E-state index in [1.165, 1.54) is 77.5 Å². The number of hydrogen-bond donors (Lipinski definition) is 0. The van der Waals surface area contributed by atoms with E-state index in [0.717, 1.165) is 29.9 Å². The Labute approximate surface area is 347 Å². The fourth-order valence-corrected chi connectivity index (χ4v) is 8.45. The third-order valence-electron chi connectivity index (χ3n) is 11.5. The normalized spacial score (nSPS) is 12.3. The van der Waals surface area contributed by atoms with Crippen molar-refractivity contribution >= 4 is 33.4 Å². The molecule has 0 aromatic heterocycles. The Balaban J connectivity index is 1.06. The van der Waals surface area contributed by atoms with Crippen LogP contribution >= 0.6 is 0 Å². The fourth-order valence-electron chi connectivity index (χ4n) is 8.45. The first-order chi connectivity index (χ1) is 29.2. The number of nitrogens with zero attached hydrogens (tertiary/aromatic N) is 1. The van der Waals surface area contributed by atoms with Gasteiger partial charge in [-0.3, -0.25) is 0 Å². The van der Waals surface area contributed by atoms with E-state index in [1.54, 1.807) is 0 Å². The van der Waals surface area contributed by atoms with Gasteiger partial charge in [-0.2, -0.15) is 0 Å². The summed E-state index contributed by atoms with van der Waals surface area (Å²) in [7, 11) is 0. The lowest BCUT2D eigenvalue weighted by Crippen LogP contribution is -2.10. The standard InChI is InChI=1S/C58H43N/c1-4-13-42(14-5-1)44-23-25-46(26-24-44)47-31-35-52(36-32-47)59(53-37-33-51(34-38-53)56-22-12-20-48-19-10-11-21-55(48)56)54-39-40-57(58(41-54)49-17-8-3-9-18-49)50-29-27-45(28-30-50)43-15-6-2-7-16-43/h2-4,6-41H,1,5H2. The van der Waals surface area contributed by atoms with Crippen LogP contribution in [0.15, 0.2) is 237 Å². The van der Waals surface area contributed by atoms with E-state index in [4.69, 9.17) is 0 Å². The van der Waals surface area contributed by atoms with Crippen LogP contribution in [0, 0.1) is 0 Å². The molecule has 1 aliphatic carbocycles. The Bertz CT molecular complexity index is 2920. The summed E-state index contributed by atoms with van der Waals surface area (Å²) >= 11 is 0. The number of hydrogen-bond acceptors (Lipinski definition) is 1. The summed E-state index contributed by atoms with van der Waals surface area (Å²) in [6.07, 6.45) is 9.08. The highest BCUT2D eigenvalue weighted by atomic mass is 15.1. The highest BCUT2D eigenvalue weighted by Gasteiger charge is 2.18. The maximum absolute atomic E-state index is 2.39. The molecule has 0 saturated heterocycles. The minimum atomic E-state index is 1.09. The highest BCUT2D eigenvalue weighted by Crippen LogP contribution is 2.42. The Morgan fingerprint density at radius 3 is 1.42 bits per heavy atom. The molecule has 59 heavy (non-hydrogen) atoms. The second-order valence-electron chi connectivity index (χ2n) is 15.2. The molecule has 1 aliphatic rings. The lowest BCUT2D eigenvalue weighted by molar-refractivity contribution is 1.04. The molecular weight excluding hydrogens is 711 g/mol. The van der Waals surface area contributed by atoms with Gasteiger partial charge in [-0.25, -0.2) is 0 Å². The lowest BCUT2D eigenvalue weighted by Gasteiger charge is -2.27. The van der Waals surface area contributed by atoms with Gasteiger partial charge in [-0.1, -0.05) is 200 Å². The smallest absolute Gasteiger partial charge is 0.0468 e. The van der Waals surface area contributed by atoms with Gasteiger partial charge in [0.05, 0.1) is 0 Å². The van der Waals surface area contributed by atoms with E-state index >= 15 is 0 Å². The zero-order valence-corrected chi connectivity index (χ0v) is 32.9. The summed E-state index contributed by atoms with van der Waals surface area (Å²) in [6, 6.07) is 79.5. The second kappa shape index (κ2) is 16.2. The summed E-state index contributed by atoms with van der Waals surface area (Å²) < 4.78 is 0. The molecule has 0 heterocycles. The molecule has 1 heteroatoms. The molecule has 0 radical (unpaired) electrons. The Kier molecular flexibility index (Phi) is 9.84. The van der Waals surface area contributed by atoms with Crippen LogP contribution in [-0.4, -0.2) is 0 Å². The molecule has 0 atom stereocenters. The summed E-state index contributed by atoms with van der Waals surface area (Å²) in [5.41, 5.74) is 17.9. The van der Waals surface area contributed by atoms with Crippen LogP contribution in [0.1, 0.15) is 18.4 Å². The summed E-state index contributed by atoms with van der Waals surface area (Å²) in [4.78, 5) is 2.39. The van der Waals surface area contributed by atoms with Crippen LogP contribution < -0.4 is 4.90 Å². The highest BCUT2D eigenvalue weighted by molar-refractivity contribution is 5.97. The molecule has 0 N–H and O–H groups in total. The van der Waals surface area contributed by atoms with Crippen LogP contribution in [0.25, 0.3) is 72.0 Å². The summed E-state index contributed by atoms with van der Waals surface area (Å²) in [6.45, 7) is 0. The molecule has 0 fully saturated rings. The largest absolute Gasteiger partial charge is 0.310 e. The topological polar surface area (TPSA) is 3.24 Å². The van der Waals surface area contributed by atoms with Crippen LogP contribution in [0.4, 0.5) is 17.1 Å². The first-order valence-electron chi connectivity index (χ1n) is 20.6. The van der Waals surface area contributed by atoms with E-state index in [0.29, 0.717) is 0 Å². The zero-order chi connectivity index (χ0) is 39.4. The van der Waals surface area contributed by atoms with E-state index in [9.17, 15) is 0 Å². The van der Waals surface area contributed by atoms with Gasteiger partial charge in [0.1, 0.15) is 0 Å². The third kappa shape index (κ3) is 7.43. The van der Waals surface area contributed by atoms with Gasteiger partial charge < -0.3 is 4.90 Å². The van der Waals surface area contributed by atoms with E-state index < -0.39 is 0 Å². The molecule has 10 rings (SSSR count). The van der Waals surface area contributed by atoms with Crippen LogP contribution in [0.3, 0.4) is 0 Å². The molecule has 0 unspecified atom stereocenters. The van der Waals surface area contributed by atoms with Gasteiger partial charge in [-0.15, -0.1) is 0 Å². The van der Waals surface area contributed by atoms with Gasteiger partial charge in [0.15, 0.2) is 0 Å². The van der Waals surface area contributed by atoms with Crippen molar-refractivity contribution in [1.82, 2.24) is 0 Å². The van der Waals surface area contributed by atoms with Crippen molar-refractivity contribution < 1.29 is 0 Å². The first kappa shape index (κ1) is 35.9. The first-order valence-corrected chi connectivity index (χ1v) is 20.6. The van der Waals surface area contributed by atoms with Gasteiger partial charge in [0.2, 0.25) is 0 Å². The molecule has 9 aromatic carbocycles. The third-order valence-corrected chi connectivity index (χ3v) is 11.5. The fraction of sp³-hybridized carbons (Fsp3) is 0.0345. The van der Waals surface area contributed by atoms with Crippen molar-refractivity contribution in [2.24, 2.45) is 0 Å². The second-order valence-corrected chi connectivity index (χ2v) is 15.2. The van der Waals surface area contributed by atoms with Gasteiger partial charge in [0, 0.05) is 17.1 Å². The van der Waals surface area contributed by atoms with Gasteiger partial charge in [-0.05, 0) is 127 Å². The predicted molar refractivity (Wildman–Crippen MR) is 252 cm³/mol. The minimum Gasteiger partial charge on any atom is -0.310 e. The summed E-state index contributed by atoms with van der Waals surface area (Å²) in [5, 5.41) is 2.51. The number of fused-ring (bicyclic) bond motifs is 1. The molecule has 0 amide bonds. The molecule has 280 valence electrons. The monoisotopic (exact) mass is 753 g/mol. The summed E-state index contributed by atoms with van der Waals surface area (Å²) in [5.74, 6) is 0. The van der Waals surface area contributed by atoms with E-state index in [1.807, 2.05) is 0 Å². The predicted octanol–water partition coefficient (Wildman–Crippen LogP) is 16.4. The molecular formula is C58H43N. The van der Waals surface area contributed by atoms with E-state index in [-0.39, 0.29) is 0 Å². The Morgan fingerprint density at radius 1 is 0.305 bits per heavy atom. The van der Waals surface area contributed by atoms with Crippen molar-refractivity contribution in [1.29, 1.82) is 0 Å². The van der Waals surface area contributed by atoms with Gasteiger partial charge in [0.25, 0.3) is 0 Å². The molecule has 0 spiro atoms. The Morgan fingerprint density at radius 2 is 0.780 bits per heavy atom. The van der Waals surface area contributed by atoms with Gasteiger partial charge >= 0.3 is 0 Å². The van der Waals surface area contributed by atoms with Crippen LogP contribution in [-0.2, 0) is 0 Å². The number of anilines is 3. The molecule has 0 aliphatic heterocycles. The van der Waals surface area contributed by atoms with Crippen LogP contribution in [0.2, 0.25) is 0 Å². The molecule has 0 bridgehead atoms. The van der Waals surface area contributed by atoms with Crippen molar-refractivity contribution in [3.63, 3.8) is 0 Å². The average molecular weight is 754 g/mol. The van der Waals surface area contributed by atoms with Crippen molar-refractivity contribution in [3.05, 3.63) is 242 Å². The van der Waals surface area contributed by atoms with Crippen molar-refractivity contribution in [3.8, 4) is 55.6 Å². The number of benzene rings is 9. The number of allylic oxidation sites excluding steroid dienone is 4. The SMILES string of the molecule is C1=CC(c2ccc(-c3ccc(N(c4ccc(-c5cccc6ccccc56)cc4)c4ccc(-c5ccc(-c6ccccc6)cc5)c(-c5ccccc5)c4)cc3)cc2)=CCC1.